The summed E-state index contributed by atoms with van der Waals surface area (Å²) in [5.41, 5.74) is 0.451. The number of H-pyrrole nitrogens is 1. The van der Waals surface area contributed by atoms with Gasteiger partial charge < -0.3 is 19.9 Å². The first-order chi connectivity index (χ1) is 9.06. The first-order valence-corrected chi connectivity index (χ1v) is 5.95. The Hall–Kier alpha value is -1.99. The molecule has 0 aliphatic heterocycles. The number of nitrogens with zero attached hydrogens (tertiary/aromatic N) is 2. The molecular formula is C11H17BN4O3. The zero-order chi connectivity index (χ0) is 14.3. The molecule has 0 atom stereocenters. The molecule has 1 heterocycles. The van der Waals surface area contributed by atoms with Crippen LogP contribution in [-0.4, -0.2) is 54.9 Å². The molecule has 0 bridgehead atoms. The highest BCUT2D eigenvalue weighted by atomic mass is 16.5. The van der Waals surface area contributed by atoms with Crippen molar-refractivity contribution in [2.24, 2.45) is 0 Å². The van der Waals surface area contributed by atoms with Crippen LogP contribution in [0.4, 0.5) is 4.79 Å². The Bertz CT molecular complexity index is 435. The van der Waals surface area contributed by atoms with Crippen LogP contribution in [0.25, 0.3) is 0 Å². The number of hydrogen-bond donors (Lipinski definition) is 2. The van der Waals surface area contributed by atoms with E-state index in [1.165, 1.54) is 13.3 Å². The highest BCUT2D eigenvalue weighted by Crippen LogP contribution is 2.00. The summed E-state index contributed by atoms with van der Waals surface area (Å²) in [5.74, 6) is 0.402. The number of nitrogens with one attached hydrogen (secondary N) is 2. The fourth-order valence-corrected chi connectivity index (χ4v) is 1.53. The summed E-state index contributed by atoms with van der Waals surface area (Å²) < 4.78 is 4.41. The second-order valence-corrected chi connectivity index (χ2v) is 3.95. The van der Waals surface area contributed by atoms with Crippen LogP contribution in [0.5, 0.6) is 0 Å². The molecule has 0 saturated heterocycles. The zero-order valence-electron chi connectivity index (χ0n) is 11.1. The van der Waals surface area contributed by atoms with Gasteiger partial charge in [-0.3, -0.25) is 4.79 Å². The van der Waals surface area contributed by atoms with E-state index in [4.69, 9.17) is 7.85 Å². The first kappa shape index (κ1) is 15.1. The van der Waals surface area contributed by atoms with Gasteiger partial charge in [0.2, 0.25) is 5.91 Å². The van der Waals surface area contributed by atoms with Crippen molar-refractivity contribution in [3.8, 4) is 0 Å². The van der Waals surface area contributed by atoms with Crippen LogP contribution in [-0.2, 0) is 16.1 Å². The normalized spacial score (nSPS) is 10.0. The summed E-state index contributed by atoms with van der Waals surface area (Å²) in [6.07, 6.45) is 1.67. The smallest absolute Gasteiger partial charge is 0.407 e. The molecule has 19 heavy (non-hydrogen) atoms. The maximum atomic E-state index is 11.9. The highest BCUT2D eigenvalue weighted by Gasteiger charge is 2.15. The average Bonchev–Trinajstić information content (AvgIpc) is 2.80. The maximum absolute atomic E-state index is 11.9. The van der Waals surface area contributed by atoms with Crippen LogP contribution in [0.2, 0.25) is 0 Å². The van der Waals surface area contributed by atoms with Crippen LogP contribution in [0, 0.1) is 0 Å². The van der Waals surface area contributed by atoms with E-state index in [0.717, 1.165) is 6.42 Å². The van der Waals surface area contributed by atoms with Gasteiger partial charge in [-0.05, 0) is 12.0 Å². The molecule has 0 aromatic carbocycles. The van der Waals surface area contributed by atoms with E-state index in [-0.39, 0.29) is 12.5 Å². The SMILES string of the molecule is [B]c1cnc(CN(CCC)C(=O)CNC(=O)OC)[nH]1. The summed E-state index contributed by atoms with van der Waals surface area (Å²) in [5, 5.41) is 2.35. The fourth-order valence-electron chi connectivity index (χ4n) is 1.53. The molecule has 0 aliphatic carbocycles. The van der Waals surface area contributed by atoms with E-state index in [1.54, 1.807) is 4.90 Å². The van der Waals surface area contributed by atoms with Gasteiger partial charge in [-0.15, -0.1) is 0 Å². The maximum Gasteiger partial charge on any atom is 0.407 e. The molecule has 2 amide bonds. The highest BCUT2D eigenvalue weighted by molar-refractivity contribution is 6.30. The summed E-state index contributed by atoms with van der Waals surface area (Å²) >= 11 is 0. The second-order valence-electron chi connectivity index (χ2n) is 3.95. The Morgan fingerprint density at radius 1 is 1.58 bits per heavy atom. The Labute approximate surface area is 113 Å². The van der Waals surface area contributed by atoms with Gasteiger partial charge in [0.1, 0.15) is 20.2 Å². The minimum absolute atomic E-state index is 0.108. The van der Waals surface area contributed by atoms with Crippen LogP contribution >= 0.6 is 0 Å². The largest absolute Gasteiger partial charge is 0.453 e. The Kier molecular flexibility index (Phi) is 5.91. The summed E-state index contributed by atoms with van der Waals surface area (Å²) in [7, 11) is 6.77. The standard InChI is InChI=1S/C11H17BN4O3/c1-3-4-16(7-9-13-5-8(12)15-9)10(17)6-14-11(18)19-2/h5H,3-4,6-7H2,1-2H3,(H,13,15)(H,14,18). The molecule has 0 fully saturated rings. The van der Waals surface area contributed by atoms with Gasteiger partial charge in [-0.25, -0.2) is 9.78 Å². The molecule has 102 valence electrons. The number of imidazole rings is 1. The lowest BCUT2D eigenvalue weighted by Gasteiger charge is -2.21. The Morgan fingerprint density at radius 3 is 2.84 bits per heavy atom. The van der Waals surface area contributed by atoms with Gasteiger partial charge in [0.15, 0.2) is 0 Å². The third kappa shape index (κ3) is 5.03. The van der Waals surface area contributed by atoms with Gasteiger partial charge in [0, 0.05) is 12.7 Å². The quantitative estimate of drug-likeness (QED) is 0.665. The predicted molar refractivity (Wildman–Crippen MR) is 70.1 cm³/mol. The van der Waals surface area contributed by atoms with E-state index < -0.39 is 6.09 Å². The molecule has 2 N–H and O–H groups in total. The van der Waals surface area contributed by atoms with Crippen molar-refractivity contribution in [1.82, 2.24) is 20.2 Å². The number of aromatic amines is 1. The number of ether oxygens (including phenoxy) is 1. The van der Waals surface area contributed by atoms with Gasteiger partial charge in [-0.1, -0.05) is 6.92 Å². The number of amides is 2. The van der Waals surface area contributed by atoms with Crippen molar-refractivity contribution in [3.05, 3.63) is 12.0 Å². The van der Waals surface area contributed by atoms with Crippen molar-refractivity contribution < 1.29 is 14.3 Å². The third-order valence-electron chi connectivity index (χ3n) is 2.40. The minimum atomic E-state index is -0.632. The fraction of sp³-hybridized carbons (Fsp3) is 0.545. The van der Waals surface area contributed by atoms with Gasteiger partial charge >= 0.3 is 6.09 Å². The lowest BCUT2D eigenvalue weighted by molar-refractivity contribution is -0.130. The van der Waals surface area contributed by atoms with E-state index in [1.807, 2.05) is 6.92 Å². The summed E-state index contributed by atoms with van der Waals surface area (Å²) in [6.45, 7) is 2.75. The molecule has 1 aromatic heterocycles. The lowest BCUT2D eigenvalue weighted by atomic mass is 10.1. The van der Waals surface area contributed by atoms with E-state index in [2.05, 4.69) is 20.0 Å². The molecule has 2 radical (unpaired) electrons. The Morgan fingerprint density at radius 2 is 2.32 bits per heavy atom. The molecule has 1 aromatic rings. The second kappa shape index (κ2) is 7.45. The van der Waals surface area contributed by atoms with Crippen LogP contribution in [0.15, 0.2) is 6.20 Å². The summed E-state index contributed by atoms with van der Waals surface area (Å²) in [4.78, 5) is 31.4. The van der Waals surface area contributed by atoms with Crippen LogP contribution in [0.3, 0.4) is 0 Å². The lowest BCUT2D eigenvalue weighted by Crippen LogP contribution is -2.40. The summed E-state index contributed by atoms with van der Waals surface area (Å²) in [6, 6.07) is 0. The molecule has 0 unspecified atom stereocenters. The number of methoxy groups -OCH3 is 1. The average molecular weight is 264 g/mol. The van der Waals surface area contributed by atoms with Crippen molar-refractivity contribution in [2.75, 3.05) is 20.2 Å². The molecule has 1 rings (SSSR count). The van der Waals surface area contributed by atoms with E-state index >= 15 is 0 Å². The van der Waals surface area contributed by atoms with Crippen LogP contribution in [0.1, 0.15) is 19.2 Å². The van der Waals surface area contributed by atoms with E-state index in [9.17, 15) is 9.59 Å². The Balaban J connectivity index is 2.55. The first-order valence-electron chi connectivity index (χ1n) is 5.95. The predicted octanol–water partition coefficient (Wildman–Crippen LogP) is -0.702. The third-order valence-corrected chi connectivity index (χ3v) is 2.40. The van der Waals surface area contributed by atoms with Gasteiger partial charge in [0.25, 0.3) is 0 Å². The number of carbonyl (C=O) groups is 2. The number of carbonyl (C=O) groups excluding carboxylic acids is 2. The molecule has 0 aliphatic rings. The topological polar surface area (TPSA) is 87.3 Å². The molecular weight excluding hydrogens is 247 g/mol. The number of hydrogen-bond acceptors (Lipinski definition) is 4. The molecule has 8 heteroatoms. The van der Waals surface area contributed by atoms with Gasteiger partial charge in [-0.2, -0.15) is 0 Å². The van der Waals surface area contributed by atoms with Gasteiger partial charge in [0.05, 0.1) is 13.7 Å². The molecule has 7 nitrogen and oxygen atoms in total. The molecule has 0 spiro atoms. The number of alkyl carbamates (subject to hydrolysis) is 1. The number of rotatable bonds is 6. The van der Waals surface area contributed by atoms with Crippen molar-refractivity contribution >= 4 is 25.4 Å². The van der Waals surface area contributed by atoms with Crippen molar-refractivity contribution in [2.45, 2.75) is 19.9 Å². The van der Waals surface area contributed by atoms with Crippen LogP contribution < -0.4 is 10.9 Å². The monoisotopic (exact) mass is 264 g/mol. The van der Waals surface area contributed by atoms with Crippen molar-refractivity contribution in [3.63, 3.8) is 0 Å². The molecule has 0 saturated carbocycles. The van der Waals surface area contributed by atoms with E-state index in [0.29, 0.717) is 24.5 Å². The minimum Gasteiger partial charge on any atom is -0.453 e. The van der Waals surface area contributed by atoms with Crippen molar-refractivity contribution in [1.29, 1.82) is 0 Å². The zero-order valence-corrected chi connectivity index (χ0v) is 11.1. The number of aromatic nitrogens is 2.